The van der Waals surface area contributed by atoms with Crippen molar-refractivity contribution in [1.29, 1.82) is 0 Å². The topological polar surface area (TPSA) is 75.2 Å². The van der Waals surface area contributed by atoms with E-state index in [9.17, 15) is 14.0 Å². The molecule has 2 amide bonds. The zero-order chi connectivity index (χ0) is 20.2. The second-order valence-electron chi connectivity index (χ2n) is 7.94. The third-order valence-corrected chi connectivity index (χ3v) is 6.86. The van der Waals surface area contributed by atoms with E-state index in [1.807, 2.05) is 4.90 Å². The molecule has 1 N–H and O–H groups in total. The van der Waals surface area contributed by atoms with Crippen LogP contribution < -0.4 is 5.32 Å². The maximum Gasteiger partial charge on any atom is 0.286 e. The molecule has 1 aliphatic heterocycles. The van der Waals surface area contributed by atoms with E-state index in [-0.39, 0.29) is 16.8 Å². The number of piperidine rings is 1. The van der Waals surface area contributed by atoms with E-state index in [1.54, 1.807) is 6.07 Å². The van der Waals surface area contributed by atoms with Crippen LogP contribution in [0.3, 0.4) is 0 Å². The first kappa shape index (κ1) is 19.9. The number of amides is 2. The largest absolute Gasteiger partial charge is 0.342 e. The molecular formula is C21H25FN4O2S. The van der Waals surface area contributed by atoms with E-state index in [1.165, 1.54) is 55.2 Å². The Morgan fingerprint density at radius 2 is 2.00 bits per heavy atom. The molecule has 0 spiro atoms. The van der Waals surface area contributed by atoms with E-state index in [0.717, 1.165) is 24.4 Å². The van der Waals surface area contributed by atoms with E-state index < -0.39 is 11.7 Å². The van der Waals surface area contributed by atoms with Crippen molar-refractivity contribution < 1.29 is 14.0 Å². The van der Waals surface area contributed by atoms with E-state index in [2.05, 4.69) is 15.5 Å². The number of hydrogen-bond acceptors (Lipinski definition) is 5. The molecule has 0 unspecified atom stereocenters. The monoisotopic (exact) mass is 416 g/mol. The minimum atomic E-state index is -0.412. The highest BCUT2D eigenvalue weighted by Crippen LogP contribution is 2.32. The number of likely N-dealkylation sites (tertiary alicyclic amines) is 1. The van der Waals surface area contributed by atoms with Gasteiger partial charge in [0.15, 0.2) is 0 Å². The molecule has 1 saturated heterocycles. The predicted octanol–water partition coefficient (Wildman–Crippen LogP) is 4.22. The average Bonchev–Trinajstić information content (AvgIpc) is 3.40. The van der Waals surface area contributed by atoms with Crippen LogP contribution in [0.1, 0.15) is 65.7 Å². The smallest absolute Gasteiger partial charge is 0.286 e. The minimum absolute atomic E-state index is 0.115. The van der Waals surface area contributed by atoms with Gasteiger partial charge in [0.05, 0.1) is 0 Å². The maximum absolute atomic E-state index is 13.3. The SMILES string of the molecule is O=C(Nc1cccc(F)c1)c1nnc([C@H]2CCCN(C(=O)CC3CCCC3)C2)s1. The van der Waals surface area contributed by atoms with Gasteiger partial charge in [0.25, 0.3) is 5.91 Å². The molecule has 2 aromatic rings. The zero-order valence-electron chi connectivity index (χ0n) is 16.3. The van der Waals surface area contributed by atoms with Gasteiger partial charge < -0.3 is 10.2 Å². The van der Waals surface area contributed by atoms with Crippen molar-refractivity contribution in [3.63, 3.8) is 0 Å². The highest BCUT2D eigenvalue weighted by molar-refractivity contribution is 7.13. The summed E-state index contributed by atoms with van der Waals surface area (Å²) in [5.74, 6) is 0.0943. The van der Waals surface area contributed by atoms with Crippen LogP contribution in [0.4, 0.5) is 10.1 Å². The van der Waals surface area contributed by atoms with Crippen LogP contribution in [0.15, 0.2) is 24.3 Å². The number of nitrogens with one attached hydrogen (secondary N) is 1. The van der Waals surface area contributed by atoms with Crippen LogP contribution >= 0.6 is 11.3 Å². The van der Waals surface area contributed by atoms with Crippen LogP contribution in [0, 0.1) is 11.7 Å². The highest BCUT2D eigenvalue weighted by Gasteiger charge is 2.29. The number of rotatable bonds is 5. The molecule has 8 heteroatoms. The molecule has 0 bridgehead atoms. The summed E-state index contributed by atoms with van der Waals surface area (Å²) in [5, 5.41) is 11.9. The molecule has 4 rings (SSSR count). The predicted molar refractivity (Wildman–Crippen MR) is 109 cm³/mol. The number of aromatic nitrogens is 2. The number of carbonyl (C=O) groups is 2. The van der Waals surface area contributed by atoms with Crippen LogP contribution in [-0.2, 0) is 4.79 Å². The Labute approximate surface area is 173 Å². The van der Waals surface area contributed by atoms with Crippen molar-refractivity contribution >= 4 is 28.8 Å². The number of halogens is 1. The van der Waals surface area contributed by atoms with Gasteiger partial charge in [-0.2, -0.15) is 0 Å². The second kappa shape index (κ2) is 8.98. The molecule has 6 nitrogen and oxygen atoms in total. The lowest BCUT2D eigenvalue weighted by atomic mass is 9.97. The van der Waals surface area contributed by atoms with Crippen molar-refractivity contribution in [2.24, 2.45) is 5.92 Å². The van der Waals surface area contributed by atoms with E-state index in [0.29, 0.717) is 24.6 Å². The molecule has 0 radical (unpaired) electrons. The fourth-order valence-corrected chi connectivity index (χ4v) is 5.10. The van der Waals surface area contributed by atoms with Crippen molar-refractivity contribution in [3.05, 3.63) is 40.1 Å². The summed E-state index contributed by atoms with van der Waals surface area (Å²) in [6, 6.07) is 5.74. The normalized spacial score (nSPS) is 20.0. The lowest BCUT2D eigenvalue weighted by Gasteiger charge is -2.32. The summed E-state index contributed by atoms with van der Waals surface area (Å²) < 4.78 is 13.3. The highest BCUT2D eigenvalue weighted by atomic mass is 32.1. The number of carbonyl (C=O) groups excluding carboxylic acids is 2. The van der Waals surface area contributed by atoms with Gasteiger partial charge in [-0.3, -0.25) is 9.59 Å². The molecule has 154 valence electrons. The Hall–Kier alpha value is -2.35. The van der Waals surface area contributed by atoms with Crippen LogP contribution in [0.2, 0.25) is 0 Å². The second-order valence-corrected chi connectivity index (χ2v) is 8.95. The van der Waals surface area contributed by atoms with Gasteiger partial charge in [-0.25, -0.2) is 4.39 Å². The van der Waals surface area contributed by atoms with Crippen molar-refractivity contribution in [2.45, 2.75) is 50.9 Å². The molecule has 2 heterocycles. The number of hydrogen-bond donors (Lipinski definition) is 1. The lowest BCUT2D eigenvalue weighted by Crippen LogP contribution is -2.39. The average molecular weight is 417 g/mol. The third-order valence-electron chi connectivity index (χ3n) is 5.78. The molecular weight excluding hydrogens is 391 g/mol. The van der Waals surface area contributed by atoms with Gasteiger partial charge >= 0.3 is 0 Å². The van der Waals surface area contributed by atoms with Crippen molar-refractivity contribution in [3.8, 4) is 0 Å². The minimum Gasteiger partial charge on any atom is -0.342 e. The summed E-state index contributed by atoms with van der Waals surface area (Å²) >= 11 is 1.25. The zero-order valence-corrected chi connectivity index (χ0v) is 17.1. The molecule has 2 fully saturated rings. The maximum atomic E-state index is 13.3. The Morgan fingerprint density at radius 3 is 2.79 bits per heavy atom. The Bertz CT molecular complexity index is 881. The molecule has 1 saturated carbocycles. The van der Waals surface area contributed by atoms with Crippen LogP contribution in [0.5, 0.6) is 0 Å². The summed E-state index contributed by atoms with van der Waals surface area (Å²) in [7, 11) is 0. The van der Waals surface area contributed by atoms with Crippen molar-refractivity contribution in [1.82, 2.24) is 15.1 Å². The molecule has 1 atom stereocenters. The summed E-state index contributed by atoms with van der Waals surface area (Å²) in [4.78, 5) is 27.0. The Kier molecular flexibility index (Phi) is 6.18. The summed E-state index contributed by atoms with van der Waals surface area (Å²) in [6.45, 7) is 1.44. The van der Waals surface area contributed by atoms with Gasteiger partial charge in [-0.1, -0.05) is 30.2 Å². The van der Waals surface area contributed by atoms with Gasteiger partial charge in [0.1, 0.15) is 10.8 Å². The third kappa shape index (κ3) is 4.98. The number of nitrogens with zero attached hydrogens (tertiary/aromatic N) is 3. The molecule has 1 aliphatic carbocycles. The van der Waals surface area contributed by atoms with Gasteiger partial charge in [0.2, 0.25) is 10.9 Å². The van der Waals surface area contributed by atoms with Crippen molar-refractivity contribution in [2.75, 3.05) is 18.4 Å². The van der Waals surface area contributed by atoms with E-state index >= 15 is 0 Å². The van der Waals surface area contributed by atoms with Gasteiger partial charge in [-0.15, -0.1) is 10.2 Å². The lowest BCUT2D eigenvalue weighted by molar-refractivity contribution is -0.133. The van der Waals surface area contributed by atoms with E-state index in [4.69, 9.17) is 0 Å². The first-order chi connectivity index (χ1) is 14.1. The van der Waals surface area contributed by atoms with Gasteiger partial charge in [0, 0.05) is 31.1 Å². The first-order valence-corrected chi connectivity index (χ1v) is 11.1. The molecule has 29 heavy (non-hydrogen) atoms. The van der Waals surface area contributed by atoms with Crippen LogP contribution in [0.25, 0.3) is 0 Å². The summed E-state index contributed by atoms with van der Waals surface area (Å²) in [5.41, 5.74) is 0.383. The fraction of sp³-hybridized carbons (Fsp3) is 0.524. The molecule has 2 aliphatic rings. The summed E-state index contributed by atoms with van der Waals surface area (Å²) in [6.07, 6.45) is 7.35. The quantitative estimate of drug-likeness (QED) is 0.792. The first-order valence-electron chi connectivity index (χ1n) is 10.3. The fourth-order valence-electron chi connectivity index (χ4n) is 4.24. The number of anilines is 1. The Balaban J connectivity index is 1.36. The standard InChI is InChI=1S/C21H25FN4O2S/c22-16-8-3-9-17(12-16)23-19(28)21-25-24-20(29-21)15-7-4-10-26(13-15)18(27)11-14-5-1-2-6-14/h3,8-9,12,14-15H,1-2,4-7,10-11,13H2,(H,23,28)/t15-/m0/s1. The molecule has 1 aromatic heterocycles. The van der Waals surface area contributed by atoms with Crippen LogP contribution in [-0.4, -0.2) is 40.0 Å². The number of benzene rings is 1. The molecule has 1 aromatic carbocycles. The van der Waals surface area contributed by atoms with Gasteiger partial charge in [-0.05, 0) is 49.8 Å². The Morgan fingerprint density at radius 1 is 1.17 bits per heavy atom.